The minimum absolute atomic E-state index is 0.267. The molecule has 6 rings (SSSR count). The molecule has 0 saturated carbocycles. The number of nitrogens with zero attached hydrogens (tertiary/aromatic N) is 1. The molecule has 0 spiro atoms. The molecule has 0 unspecified atom stereocenters. The van der Waals surface area contributed by atoms with Crippen LogP contribution in [0.5, 0.6) is 0 Å². The predicted molar refractivity (Wildman–Crippen MR) is 108 cm³/mol. The number of carbonyl (C=O) groups is 2. The van der Waals surface area contributed by atoms with E-state index in [0.29, 0.717) is 13.0 Å². The van der Waals surface area contributed by atoms with Gasteiger partial charge in [-0.15, -0.1) is 0 Å². The van der Waals surface area contributed by atoms with Crippen LogP contribution in [0.2, 0.25) is 0 Å². The van der Waals surface area contributed by atoms with Gasteiger partial charge >= 0.3 is 0 Å². The van der Waals surface area contributed by atoms with Crippen LogP contribution in [-0.2, 0) is 16.1 Å². The summed E-state index contributed by atoms with van der Waals surface area (Å²) in [6, 6.07) is 13.6. The topological polar surface area (TPSA) is 87.1 Å². The van der Waals surface area contributed by atoms with Gasteiger partial charge in [0.15, 0.2) is 0 Å². The molecular formula is C23H19N3O3. The van der Waals surface area contributed by atoms with Crippen LogP contribution in [0.15, 0.2) is 54.9 Å². The van der Waals surface area contributed by atoms with Crippen molar-refractivity contribution in [3.05, 3.63) is 71.5 Å². The van der Waals surface area contributed by atoms with Crippen LogP contribution in [0.25, 0.3) is 21.8 Å². The molecule has 1 saturated heterocycles. The number of carbonyl (C=O) groups excluding carboxylic acids is 2. The van der Waals surface area contributed by atoms with Crippen molar-refractivity contribution in [1.29, 1.82) is 0 Å². The minimum Gasteiger partial charge on any atom is -0.388 e. The highest BCUT2D eigenvalue weighted by Gasteiger charge is 2.46. The lowest BCUT2D eigenvalue weighted by molar-refractivity contribution is -0.125. The number of aliphatic hydroxyl groups excluding tert-OH is 1. The predicted octanol–water partition coefficient (Wildman–Crippen LogP) is 3.08. The zero-order chi connectivity index (χ0) is 19.7. The second-order valence-corrected chi connectivity index (χ2v) is 7.92. The lowest BCUT2D eigenvalue weighted by atomic mass is 9.82. The third-order valence-electron chi connectivity index (χ3n) is 6.40. The van der Waals surface area contributed by atoms with Crippen molar-refractivity contribution in [2.75, 3.05) is 0 Å². The van der Waals surface area contributed by atoms with Gasteiger partial charge in [-0.2, -0.15) is 0 Å². The smallest absolute Gasteiger partial charge is 0.235 e. The number of nitrogens with one attached hydrogen (secondary N) is 2. The van der Waals surface area contributed by atoms with Crippen molar-refractivity contribution in [2.24, 2.45) is 0 Å². The number of aromatic nitrogens is 2. The van der Waals surface area contributed by atoms with Crippen molar-refractivity contribution >= 4 is 33.6 Å². The fourth-order valence-corrected chi connectivity index (χ4v) is 5.10. The van der Waals surface area contributed by atoms with Crippen LogP contribution in [-0.4, -0.2) is 26.5 Å². The normalized spacial score (nSPS) is 23.8. The number of benzene rings is 2. The first-order valence-electron chi connectivity index (χ1n) is 9.84. The molecule has 2 aromatic heterocycles. The Hall–Kier alpha value is -3.38. The van der Waals surface area contributed by atoms with Gasteiger partial charge in [0, 0.05) is 40.8 Å². The van der Waals surface area contributed by atoms with Crippen LogP contribution in [0, 0.1) is 0 Å². The lowest BCUT2D eigenvalue weighted by Gasteiger charge is -2.20. The maximum Gasteiger partial charge on any atom is 0.235 e. The molecule has 2 amide bonds. The van der Waals surface area contributed by atoms with E-state index in [2.05, 4.69) is 14.9 Å². The third kappa shape index (κ3) is 2.20. The van der Waals surface area contributed by atoms with Gasteiger partial charge in [0.25, 0.3) is 0 Å². The number of amides is 2. The molecular weight excluding hydrogens is 366 g/mol. The molecule has 6 nitrogen and oxygen atoms in total. The highest BCUT2D eigenvalue weighted by atomic mass is 16.3. The number of hydrogen-bond acceptors (Lipinski definition) is 3. The van der Waals surface area contributed by atoms with E-state index >= 15 is 0 Å². The van der Waals surface area contributed by atoms with Crippen molar-refractivity contribution in [2.45, 2.75) is 30.9 Å². The zero-order valence-electron chi connectivity index (χ0n) is 15.6. The van der Waals surface area contributed by atoms with Crippen molar-refractivity contribution < 1.29 is 14.7 Å². The van der Waals surface area contributed by atoms with E-state index in [1.165, 1.54) is 0 Å². The number of aryl methyl sites for hydroxylation is 1. The van der Waals surface area contributed by atoms with Gasteiger partial charge in [-0.25, -0.2) is 0 Å². The highest BCUT2D eigenvalue weighted by molar-refractivity contribution is 6.13. The number of hydrogen-bond donors (Lipinski definition) is 3. The number of para-hydroxylation sites is 2. The molecule has 6 heteroatoms. The summed E-state index contributed by atoms with van der Waals surface area (Å²) in [4.78, 5) is 29.0. The van der Waals surface area contributed by atoms with Crippen LogP contribution in [0.1, 0.15) is 41.1 Å². The average Bonchev–Trinajstić information content (AvgIpc) is 3.38. The van der Waals surface area contributed by atoms with E-state index in [1.807, 2.05) is 54.9 Å². The van der Waals surface area contributed by atoms with E-state index in [9.17, 15) is 14.7 Å². The molecule has 4 heterocycles. The first-order chi connectivity index (χ1) is 14.1. The monoisotopic (exact) mass is 385 g/mol. The van der Waals surface area contributed by atoms with Gasteiger partial charge in [-0.1, -0.05) is 36.4 Å². The molecule has 3 atom stereocenters. The molecule has 144 valence electrons. The summed E-state index contributed by atoms with van der Waals surface area (Å²) in [7, 11) is 0. The first kappa shape index (κ1) is 16.6. The summed E-state index contributed by atoms with van der Waals surface area (Å²) < 4.78 is 2.11. The van der Waals surface area contributed by atoms with Gasteiger partial charge < -0.3 is 14.7 Å². The van der Waals surface area contributed by atoms with E-state index in [4.69, 9.17) is 0 Å². The zero-order valence-corrected chi connectivity index (χ0v) is 15.6. The standard InChI is InChI=1S/C23H19N3O3/c27-18-8-9-26-11-16(13-5-3-6-14(18)21(13)26)20-19(22(28)25-23(20)29)15-10-24-17-7-2-1-4-12(15)17/h1-7,10-11,18-20,24,27H,8-9H2,(H,25,28,29)/t18-,19-,20-/m1/s1. The Bertz CT molecular complexity index is 1320. The number of aliphatic hydroxyl groups is 1. The molecule has 29 heavy (non-hydrogen) atoms. The Labute approximate surface area is 166 Å². The highest BCUT2D eigenvalue weighted by Crippen LogP contribution is 2.45. The summed E-state index contributed by atoms with van der Waals surface area (Å²) >= 11 is 0. The molecule has 1 fully saturated rings. The van der Waals surface area contributed by atoms with Gasteiger partial charge in [0.05, 0.1) is 23.5 Å². The van der Waals surface area contributed by atoms with Crippen LogP contribution >= 0.6 is 0 Å². The molecule has 0 bridgehead atoms. The number of rotatable bonds is 2. The number of aromatic amines is 1. The van der Waals surface area contributed by atoms with E-state index < -0.39 is 17.9 Å². The summed E-state index contributed by atoms with van der Waals surface area (Å²) in [5, 5.41) is 14.8. The quantitative estimate of drug-likeness (QED) is 0.464. The molecule has 4 aromatic rings. The number of H-pyrrole nitrogens is 1. The van der Waals surface area contributed by atoms with Gasteiger partial charge in [-0.05, 0) is 23.6 Å². The maximum absolute atomic E-state index is 12.9. The molecule has 2 aliphatic rings. The lowest BCUT2D eigenvalue weighted by Crippen LogP contribution is -2.21. The van der Waals surface area contributed by atoms with Gasteiger partial charge in [-0.3, -0.25) is 14.9 Å². The molecule has 0 aliphatic carbocycles. The van der Waals surface area contributed by atoms with Crippen molar-refractivity contribution in [1.82, 2.24) is 14.9 Å². The number of fused-ring (bicyclic) bond motifs is 1. The van der Waals surface area contributed by atoms with Crippen LogP contribution in [0.4, 0.5) is 0 Å². The molecule has 3 N–H and O–H groups in total. The average molecular weight is 385 g/mol. The SMILES string of the molecule is O=C1NC(=O)[C@H](c2cn3c4c(cccc24)[C@H](O)CC3)[C@H]1c1c[nH]c2ccccc12. The second kappa shape index (κ2) is 5.81. The van der Waals surface area contributed by atoms with E-state index in [-0.39, 0.29) is 11.8 Å². The first-order valence-corrected chi connectivity index (χ1v) is 9.84. The Balaban J connectivity index is 1.58. The fraction of sp³-hybridized carbons (Fsp3) is 0.217. The Kier molecular flexibility index (Phi) is 3.32. The van der Waals surface area contributed by atoms with E-state index in [1.54, 1.807) is 0 Å². The van der Waals surface area contributed by atoms with Gasteiger partial charge in [0.1, 0.15) is 0 Å². The summed E-state index contributed by atoms with van der Waals surface area (Å²) in [5.41, 5.74) is 4.47. The maximum atomic E-state index is 12.9. The Morgan fingerprint density at radius 3 is 2.52 bits per heavy atom. The summed E-state index contributed by atoms with van der Waals surface area (Å²) in [6.45, 7) is 0.689. The van der Waals surface area contributed by atoms with Crippen LogP contribution < -0.4 is 5.32 Å². The summed E-state index contributed by atoms with van der Waals surface area (Å²) in [5.74, 6) is -1.73. The van der Waals surface area contributed by atoms with E-state index in [0.717, 1.165) is 38.5 Å². The Morgan fingerprint density at radius 1 is 0.897 bits per heavy atom. The van der Waals surface area contributed by atoms with Crippen molar-refractivity contribution in [3.63, 3.8) is 0 Å². The molecule has 2 aromatic carbocycles. The number of imide groups is 1. The van der Waals surface area contributed by atoms with Crippen molar-refractivity contribution in [3.8, 4) is 0 Å². The second-order valence-electron chi connectivity index (χ2n) is 7.92. The minimum atomic E-state index is -0.601. The Morgan fingerprint density at radius 2 is 1.66 bits per heavy atom. The largest absolute Gasteiger partial charge is 0.388 e. The molecule has 2 aliphatic heterocycles. The van der Waals surface area contributed by atoms with Crippen LogP contribution in [0.3, 0.4) is 0 Å². The molecule has 0 radical (unpaired) electrons. The fourth-order valence-electron chi connectivity index (χ4n) is 5.10. The third-order valence-corrected chi connectivity index (χ3v) is 6.40. The summed E-state index contributed by atoms with van der Waals surface area (Å²) in [6.07, 6.45) is 3.97. The van der Waals surface area contributed by atoms with Gasteiger partial charge in [0.2, 0.25) is 11.8 Å².